The zero-order valence-corrected chi connectivity index (χ0v) is 10.1. The van der Waals surface area contributed by atoms with Crippen molar-refractivity contribution in [3.63, 3.8) is 0 Å². The van der Waals surface area contributed by atoms with Crippen LogP contribution < -0.4 is 5.73 Å². The highest BCUT2D eigenvalue weighted by atomic mass is 16.3. The van der Waals surface area contributed by atoms with Crippen LogP contribution in [0.3, 0.4) is 0 Å². The van der Waals surface area contributed by atoms with Crippen LogP contribution in [0, 0.1) is 12.3 Å². The molecule has 0 unspecified atom stereocenters. The van der Waals surface area contributed by atoms with Crippen LogP contribution in [0.25, 0.3) is 11.1 Å². The van der Waals surface area contributed by atoms with Gasteiger partial charge in [0, 0.05) is 6.92 Å². The van der Waals surface area contributed by atoms with E-state index in [9.17, 15) is 0 Å². The lowest BCUT2D eigenvalue weighted by atomic mass is 9.86. The zero-order chi connectivity index (χ0) is 11.8. The van der Waals surface area contributed by atoms with Crippen molar-refractivity contribution in [3.8, 4) is 0 Å². The lowest BCUT2D eigenvalue weighted by Crippen LogP contribution is -2.25. The van der Waals surface area contributed by atoms with E-state index in [1.165, 1.54) is 5.56 Å². The fourth-order valence-electron chi connectivity index (χ4n) is 1.82. The minimum absolute atomic E-state index is 0.131. The molecule has 1 aromatic heterocycles. The molecule has 0 aliphatic heterocycles. The van der Waals surface area contributed by atoms with Gasteiger partial charge in [-0.1, -0.05) is 19.9 Å². The van der Waals surface area contributed by atoms with E-state index in [0.717, 1.165) is 17.5 Å². The van der Waals surface area contributed by atoms with Crippen molar-refractivity contribution in [2.45, 2.75) is 27.2 Å². The molecule has 0 fully saturated rings. The standard InChI is InChI=1S/C13H18N2O/c1-9-15-11-6-10(4-5-12(11)16-9)7-13(2,3)8-14/h4-6H,7-8,14H2,1-3H3. The summed E-state index contributed by atoms with van der Waals surface area (Å²) in [6.07, 6.45) is 0.964. The Balaban J connectivity index is 2.32. The molecule has 0 saturated heterocycles. The average Bonchev–Trinajstić information content (AvgIpc) is 2.57. The highest BCUT2D eigenvalue weighted by Crippen LogP contribution is 2.23. The van der Waals surface area contributed by atoms with Crippen molar-refractivity contribution in [2.75, 3.05) is 6.54 Å². The fourth-order valence-corrected chi connectivity index (χ4v) is 1.82. The molecule has 0 aliphatic carbocycles. The summed E-state index contributed by atoms with van der Waals surface area (Å²) in [5.41, 5.74) is 8.92. The summed E-state index contributed by atoms with van der Waals surface area (Å²) >= 11 is 0. The van der Waals surface area contributed by atoms with E-state index < -0.39 is 0 Å². The predicted octanol–water partition coefficient (Wildman–Crippen LogP) is 2.66. The monoisotopic (exact) mass is 218 g/mol. The number of benzene rings is 1. The van der Waals surface area contributed by atoms with Gasteiger partial charge < -0.3 is 10.2 Å². The largest absolute Gasteiger partial charge is 0.441 e. The molecular weight excluding hydrogens is 200 g/mol. The second-order valence-electron chi connectivity index (χ2n) is 5.08. The van der Waals surface area contributed by atoms with E-state index in [1.807, 2.05) is 13.0 Å². The van der Waals surface area contributed by atoms with Gasteiger partial charge in [-0.3, -0.25) is 0 Å². The number of nitrogens with two attached hydrogens (primary N) is 1. The first-order valence-corrected chi connectivity index (χ1v) is 5.56. The van der Waals surface area contributed by atoms with Gasteiger partial charge in [-0.05, 0) is 36.1 Å². The van der Waals surface area contributed by atoms with Crippen molar-refractivity contribution in [2.24, 2.45) is 11.1 Å². The lowest BCUT2D eigenvalue weighted by Gasteiger charge is -2.22. The van der Waals surface area contributed by atoms with Crippen molar-refractivity contribution in [3.05, 3.63) is 29.7 Å². The summed E-state index contributed by atoms with van der Waals surface area (Å²) in [7, 11) is 0. The number of fused-ring (bicyclic) bond motifs is 1. The number of hydrogen-bond acceptors (Lipinski definition) is 3. The van der Waals surface area contributed by atoms with Gasteiger partial charge in [0.2, 0.25) is 0 Å². The highest BCUT2D eigenvalue weighted by molar-refractivity contribution is 5.73. The molecule has 0 bridgehead atoms. The van der Waals surface area contributed by atoms with Crippen molar-refractivity contribution in [1.29, 1.82) is 0 Å². The lowest BCUT2D eigenvalue weighted by molar-refractivity contribution is 0.377. The number of aromatic nitrogens is 1. The summed E-state index contributed by atoms with van der Waals surface area (Å²) < 4.78 is 5.44. The van der Waals surface area contributed by atoms with E-state index in [4.69, 9.17) is 10.2 Å². The highest BCUT2D eigenvalue weighted by Gasteiger charge is 2.16. The predicted molar refractivity (Wildman–Crippen MR) is 65.3 cm³/mol. The Morgan fingerprint density at radius 3 is 2.81 bits per heavy atom. The quantitative estimate of drug-likeness (QED) is 0.861. The van der Waals surface area contributed by atoms with E-state index in [-0.39, 0.29) is 5.41 Å². The molecule has 0 aliphatic rings. The Kier molecular flexibility index (Phi) is 2.72. The molecule has 1 aromatic carbocycles. The first-order valence-electron chi connectivity index (χ1n) is 5.56. The third-order valence-corrected chi connectivity index (χ3v) is 2.79. The Labute approximate surface area is 95.7 Å². The minimum Gasteiger partial charge on any atom is -0.441 e. The first kappa shape index (κ1) is 11.1. The van der Waals surface area contributed by atoms with Crippen LogP contribution in [0.5, 0.6) is 0 Å². The smallest absolute Gasteiger partial charge is 0.192 e. The van der Waals surface area contributed by atoms with Crippen molar-refractivity contribution < 1.29 is 4.42 Å². The number of hydrogen-bond donors (Lipinski definition) is 1. The minimum atomic E-state index is 0.131. The molecule has 0 amide bonds. The van der Waals surface area contributed by atoms with Crippen LogP contribution in [0.1, 0.15) is 25.3 Å². The Hall–Kier alpha value is -1.35. The topological polar surface area (TPSA) is 52.0 Å². The van der Waals surface area contributed by atoms with Gasteiger partial charge in [0.25, 0.3) is 0 Å². The van der Waals surface area contributed by atoms with Gasteiger partial charge in [-0.25, -0.2) is 4.98 Å². The molecule has 86 valence electrons. The van der Waals surface area contributed by atoms with Crippen LogP contribution in [0.2, 0.25) is 0 Å². The van der Waals surface area contributed by atoms with Crippen LogP contribution in [-0.2, 0) is 6.42 Å². The molecule has 0 saturated carbocycles. The molecule has 2 N–H and O–H groups in total. The van der Waals surface area contributed by atoms with E-state index in [0.29, 0.717) is 12.4 Å². The molecule has 2 aromatic rings. The van der Waals surface area contributed by atoms with Gasteiger partial charge in [0.05, 0.1) is 0 Å². The summed E-state index contributed by atoms with van der Waals surface area (Å²) in [5.74, 6) is 0.713. The summed E-state index contributed by atoms with van der Waals surface area (Å²) in [6, 6.07) is 6.16. The number of oxazole rings is 1. The van der Waals surface area contributed by atoms with Crippen LogP contribution >= 0.6 is 0 Å². The van der Waals surface area contributed by atoms with Crippen LogP contribution in [-0.4, -0.2) is 11.5 Å². The normalized spacial score (nSPS) is 12.2. The molecule has 16 heavy (non-hydrogen) atoms. The van der Waals surface area contributed by atoms with Gasteiger partial charge in [-0.2, -0.15) is 0 Å². The number of nitrogens with zero attached hydrogens (tertiary/aromatic N) is 1. The third-order valence-electron chi connectivity index (χ3n) is 2.79. The van der Waals surface area contributed by atoms with Gasteiger partial charge in [-0.15, -0.1) is 0 Å². The number of aryl methyl sites for hydroxylation is 1. The molecule has 0 atom stereocenters. The van der Waals surface area contributed by atoms with Crippen molar-refractivity contribution in [1.82, 2.24) is 4.98 Å². The maximum Gasteiger partial charge on any atom is 0.192 e. The molecule has 0 spiro atoms. The summed E-state index contributed by atoms with van der Waals surface area (Å²) in [5, 5.41) is 0. The fraction of sp³-hybridized carbons (Fsp3) is 0.462. The van der Waals surface area contributed by atoms with Gasteiger partial charge in [0.1, 0.15) is 5.52 Å². The summed E-state index contributed by atoms with van der Waals surface area (Å²) in [4.78, 5) is 4.33. The second kappa shape index (κ2) is 3.91. The Morgan fingerprint density at radius 1 is 1.38 bits per heavy atom. The van der Waals surface area contributed by atoms with E-state index in [2.05, 4.69) is 31.0 Å². The molecular formula is C13H18N2O. The van der Waals surface area contributed by atoms with Crippen LogP contribution in [0.15, 0.2) is 22.6 Å². The molecule has 3 nitrogen and oxygen atoms in total. The Bertz CT molecular complexity index is 500. The van der Waals surface area contributed by atoms with Gasteiger partial charge in [0.15, 0.2) is 11.5 Å². The molecule has 3 heteroatoms. The second-order valence-corrected chi connectivity index (χ2v) is 5.08. The summed E-state index contributed by atoms with van der Waals surface area (Å²) in [6.45, 7) is 6.89. The zero-order valence-electron chi connectivity index (χ0n) is 10.1. The molecule has 1 heterocycles. The SMILES string of the molecule is Cc1nc2cc(CC(C)(C)CN)ccc2o1. The maximum absolute atomic E-state index is 5.74. The van der Waals surface area contributed by atoms with Crippen LogP contribution in [0.4, 0.5) is 0 Å². The molecule has 2 rings (SSSR count). The van der Waals surface area contributed by atoms with Crippen molar-refractivity contribution >= 4 is 11.1 Å². The Morgan fingerprint density at radius 2 is 2.12 bits per heavy atom. The third kappa shape index (κ3) is 2.25. The first-order chi connectivity index (χ1) is 7.50. The maximum atomic E-state index is 5.74. The van der Waals surface area contributed by atoms with E-state index >= 15 is 0 Å². The van der Waals surface area contributed by atoms with Gasteiger partial charge >= 0.3 is 0 Å². The average molecular weight is 218 g/mol. The number of rotatable bonds is 3. The van der Waals surface area contributed by atoms with E-state index in [1.54, 1.807) is 0 Å². The molecule has 0 radical (unpaired) electrons.